The number of ether oxygens (including phenoxy) is 2. The topological polar surface area (TPSA) is 128 Å². The zero-order chi connectivity index (χ0) is 22.2. The van der Waals surface area contributed by atoms with Crippen molar-refractivity contribution in [2.75, 3.05) is 6.54 Å². The fourth-order valence-corrected chi connectivity index (χ4v) is 2.06. The van der Waals surface area contributed by atoms with Crippen LogP contribution in [0.25, 0.3) is 0 Å². The van der Waals surface area contributed by atoms with Crippen LogP contribution in [0.4, 0.5) is 4.79 Å². The standard InChI is InChI=1S/C20H26N2O7/c1-12(2)16(24)17(25)21-11-14(23)22-15(13-9-7-6-8-10-13)18(26)28-19(27)29-20(3,4)5/h6-10,12,15H,11H2,1-5H3,(H,21,25)(H,22,23). The van der Waals surface area contributed by atoms with Crippen molar-refractivity contribution in [1.82, 2.24) is 10.6 Å². The molecule has 1 rings (SSSR count). The number of carbonyl (C=O) groups excluding carboxylic acids is 5. The first kappa shape index (κ1) is 23.8. The number of ketones is 1. The monoisotopic (exact) mass is 406 g/mol. The molecule has 1 aromatic carbocycles. The van der Waals surface area contributed by atoms with Crippen molar-refractivity contribution in [2.45, 2.75) is 46.3 Å². The van der Waals surface area contributed by atoms with Crippen molar-refractivity contribution < 1.29 is 33.4 Å². The van der Waals surface area contributed by atoms with Crippen LogP contribution < -0.4 is 10.6 Å². The van der Waals surface area contributed by atoms with Gasteiger partial charge in [0.05, 0.1) is 6.54 Å². The molecule has 9 nitrogen and oxygen atoms in total. The van der Waals surface area contributed by atoms with Crippen LogP contribution >= 0.6 is 0 Å². The van der Waals surface area contributed by atoms with Crippen LogP contribution in [-0.2, 0) is 28.7 Å². The highest BCUT2D eigenvalue weighted by Gasteiger charge is 2.29. The fourth-order valence-electron chi connectivity index (χ4n) is 2.06. The molecule has 0 radical (unpaired) electrons. The molecule has 0 aliphatic rings. The summed E-state index contributed by atoms with van der Waals surface area (Å²) in [6.07, 6.45) is -1.20. The summed E-state index contributed by atoms with van der Waals surface area (Å²) in [5.74, 6) is -3.88. The Morgan fingerprint density at radius 3 is 2.10 bits per heavy atom. The molecule has 0 saturated heterocycles. The molecule has 0 saturated carbocycles. The Bertz CT molecular complexity index is 767. The highest BCUT2D eigenvalue weighted by molar-refractivity contribution is 6.37. The minimum Gasteiger partial charge on any atom is -0.428 e. The minimum atomic E-state index is -1.31. The lowest BCUT2D eigenvalue weighted by Gasteiger charge is -2.21. The van der Waals surface area contributed by atoms with Crippen LogP contribution in [-0.4, -0.2) is 41.9 Å². The number of hydrogen-bond acceptors (Lipinski definition) is 7. The van der Waals surface area contributed by atoms with Crippen molar-refractivity contribution >= 4 is 29.7 Å². The van der Waals surface area contributed by atoms with Gasteiger partial charge in [0.2, 0.25) is 11.7 Å². The molecule has 2 N–H and O–H groups in total. The number of esters is 1. The third-order valence-corrected chi connectivity index (χ3v) is 3.41. The molecule has 0 aliphatic heterocycles. The average Bonchev–Trinajstić information content (AvgIpc) is 2.62. The normalized spacial score (nSPS) is 11.9. The van der Waals surface area contributed by atoms with Crippen LogP contribution in [0.3, 0.4) is 0 Å². The van der Waals surface area contributed by atoms with Crippen LogP contribution in [0.2, 0.25) is 0 Å². The van der Waals surface area contributed by atoms with E-state index in [0.717, 1.165) is 0 Å². The van der Waals surface area contributed by atoms with E-state index < -0.39 is 53.8 Å². The molecule has 0 aromatic heterocycles. The third kappa shape index (κ3) is 8.54. The third-order valence-electron chi connectivity index (χ3n) is 3.41. The van der Waals surface area contributed by atoms with Gasteiger partial charge in [0.15, 0.2) is 6.04 Å². The number of benzene rings is 1. The Balaban J connectivity index is 2.82. The van der Waals surface area contributed by atoms with Crippen molar-refractivity contribution in [3.8, 4) is 0 Å². The molecule has 0 bridgehead atoms. The summed E-state index contributed by atoms with van der Waals surface area (Å²) in [6, 6.07) is 6.79. The summed E-state index contributed by atoms with van der Waals surface area (Å²) in [6.45, 7) is 7.41. The minimum absolute atomic E-state index is 0.360. The summed E-state index contributed by atoms with van der Waals surface area (Å²) < 4.78 is 9.62. The highest BCUT2D eigenvalue weighted by atomic mass is 16.7. The Morgan fingerprint density at radius 1 is 1.00 bits per heavy atom. The number of hydrogen-bond donors (Lipinski definition) is 2. The van der Waals surface area contributed by atoms with E-state index in [4.69, 9.17) is 4.74 Å². The summed E-state index contributed by atoms with van der Waals surface area (Å²) >= 11 is 0. The Labute approximate surface area is 169 Å². The van der Waals surface area contributed by atoms with Gasteiger partial charge in [-0.3, -0.25) is 14.4 Å². The molecule has 158 valence electrons. The zero-order valence-electron chi connectivity index (χ0n) is 17.1. The van der Waals surface area contributed by atoms with E-state index in [1.54, 1.807) is 65.0 Å². The second-order valence-electron chi connectivity index (χ2n) is 7.50. The van der Waals surface area contributed by atoms with E-state index in [2.05, 4.69) is 15.4 Å². The largest absolute Gasteiger partial charge is 0.516 e. The van der Waals surface area contributed by atoms with Crippen molar-refractivity contribution in [3.05, 3.63) is 35.9 Å². The van der Waals surface area contributed by atoms with Gasteiger partial charge in [-0.2, -0.15) is 0 Å². The van der Waals surface area contributed by atoms with Gasteiger partial charge in [-0.1, -0.05) is 44.2 Å². The van der Waals surface area contributed by atoms with Crippen molar-refractivity contribution in [1.29, 1.82) is 0 Å². The van der Waals surface area contributed by atoms with Gasteiger partial charge in [0.1, 0.15) is 5.60 Å². The lowest BCUT2D eigenvalue weighted by molar-refractivity contribution is -0.146. The number of amides is 2. The molecule has 9 heteroatoms. The SMILES string of the molecule is CC(C)C(=O)C(=O)NCC(=O)NC(C(=O)OC(=O)OC(C)(C)C)c1ccccc1. The molecular formula is C20H26N2O7. The van der Waals surface area contributed by atoms with E-state index in [1.807, 2.05) is 0 Å². The van der Waals surface area contributed by atoms with Gasteiger partial charge in [0.25, 0.3) is 5.91 Å². The first-order chi connectivity index (χ1) is 13.4. The molecule has 0 fully saturated rings. The van der Waals surface area contributed by atoms with Gasteiger partial charge in [0, 0.05) is 5.92 Å². The first-order valence-electron chi connectivity index (χ1n) is 9.01. The van der Waals surface area contributed by atoms with Crippen molar-refractivity contribution in [2.24, 2.45) is 5.92 Å². The number of Topliss-reactive ketones (excluding diaryl/α,β-unsaturated/α-hetero) is 1. The van der Waals surface area contributed by atoms with E-state index >= 15 is 0 Å². The molecular weight excluding hydrogens is 380 g/mol. The Kier molecular flexibility index (Phi) is 8.50. The van der Waals surface area contributed by atoms with Crippen LogP contribution in [0.1, 0.15) is 46.2 Å². The summed E-state index contributed by atoms with van der Waals surface area (Å²) in [5.41, 5.74) is -0.505. The maximum atomic E-state index is 12.4. The molecule has 1 aromatic rings. The van der Waals surface area contributed by atoms with E-state index in [0.29, 0.717) is 5.56 Å². The second kappa shape index (κ2) is 10.4. The molecule has 2 amide bonds. The molecule has 1 unspecified atom stereocenters. The summed E-state index contributed by atoms with van der Waals surface area (Å²) in [4.78, 5) is 59.6. The summed E-state index contributed by atoms with van der Waals surface area (Å²) in [7, 11) is 0. The maximum absolute atomic E-state index is 12.4. The van der Waals surface area contributed by atoms with Crippen LogP contribution in [0.15, 0.2) is 30.3 Å². The second-order valence-corrected chi connectivity index (χ2v) is 7.50. The molecule has 0 spiro atoms. The lowest BCUT2D eigenvalue weighted by atomic mass is 10.1. The first-order valence-corrected chi connectivity index (χ1v) is 9.01. The molecule has 0 heterocycles. The van der Waals surface area contributed by atoms with Gasteiger partial charge in [-0.25, -0.2) is 9.59 Å². The average molecular weight is 406 g/mol. The molecule has 0 aliphatic carbocycles. The smallest absolute Gasteiger partial charge is 0.428 e. The predicted octanol–water partition coefficient (Wildman–Crippen LogP) is 1.66. The maximum Gasteiger partial charge on any atom is 0.516 e. The van der Waals surface area contributed by atoms with Crippen LogP contribution in [0, 0.1) is 5.92 Å². The van der Waals surface area contributed by atoms with E-state index in [1.165, 1.54) is 0 Å². The lowest BCUT2D eigenvalue weighted by Crippen LogP contribution is -2.44. The quantitative estimate of drug-likeness (QED) is 0.400. The van der Waals surface area contributed by atoms with Gasteiger partial charge in [-0.05, 0) is 26.3 Å². The van der Waals surface area contributed by atoms with Crippen LogP contribution in [0.5, 0.6) is 0 Å². The van der Waals surface area contributed by atoms with Crippen molar-refractivity contribution in [3.63, 3.8) is 0 Å². The molecule has 29 heavy (non-hydrogen) atoms. The van der Waals surface area contributed by atoms with Gasteiger partial charge < -0.3 is 20.1 Å². The van der Waals surface area contributed by atoms with Gasteiger partial charge in [-0.15, -0.1) is 0 Å². The number of carbonyl (C=O) groups is 5. The van der Waals surface area contributed by atoms with Gasteiger partial charge >= 0.3 is 12.1 Å². The molecule has 1 atom stereocenters. The summed E-state index contributed by atoms with van der Waals surface area (Å²) in [5, 5.41) is 4.56. The zero-order valence-corrected chi connectivity index (χ0v) is 17.1. The van der Waals surface area contributed by atoms with E-state index in [9.17, 15) is 24.0 Å². The Hall–Kier alpha value is -3.23. The predicted molar refractivity (Wildman–Crippen MR) is 103 cm³/mol. The highest BCUT2D eigenvalue weighted by Crippen LogP contribution is 2.16. The Morgan fingerprint density at radius 2 is 1.59 bits per heavy atom. The number of rotatable bonds is 7. The van der Waals surface area contributed by atoms with E-state index in [-0.39, 0.29) is 0 Å². The number of nitrogens with one attached hydrogen (secondary N) is 2. The fraction of sp³-hybridized carbons (Fsp3) is 0.450.